The lowest BCUT2D eigenvalue weighted by Gasteiger charge is -2.15. The summed E-state index contributed by atoms with van der Waals surface area (Å²) in [5.41, 5.74) is 6.25. The standard InChI is InChI=1S/C13H20ClNO3S/c1-9(6-17-2)18-7-11(16)8-19-13-4-3-10(15)5-12(13)14/h3-5,9,11,16H,6-8,15H2,1-2H3. The fourth-order valence-electron chi connectivity index (χ4n) is 1.43. The number of methoxy groups -OCH3 is 1. The topological polar surface area (TPSA) is 64.7 Å². The number of hydrogen-bond donors (Lipinski definition) is 2. The molecule has 0 amide bonds. The van der Waals surface area contributed by atoms with Crippen LogP contribution in [0.2, 0.25) is 5.02 Å². The predicted octanol–water partition coefficient (Wildman–Crippen LogP) is 2.43. The molecule has 0 fully saturated rings. The highest BCUT2D eigenvalue weighted by Gasteiger charge is 2.10. The minimum Gasteiger partial charge on any atom is -0.399 e. The molecule has 0 heterocycles. The molecule has 0 saturated carbocycles. The number of hydrogen-bond acceptors (Lipinski definition) is 5. The third-order valence-corrected chi connectivity index (χ3v) is 4.00. The minimum atomic E-state index is -0.544. The molecule has 0 bridgehead atoms. The summed E-state index contributed by atoms with van der Waals surface area (Å²) in [4.78, 5) is 0.903. The minimum absolute atomic E-state index is 0.0234. The number of rotatable bonds is 8. The number of aliphatic hydroxyl groups excluding tert-OH is 1. The molecule has 1 rings (SSSR count). The highest BCUT2D eigenvalue weighted by atomic mass is 35.5. The SMILES string of the molecule is COCC(C)OCC(O)CSc1ccc(N)cc1Cl. The Morgan fingerprint density at radius 2 is 2.16 bits per heavy atom. The van der Waals surface area contributed by atoms with E-state index in [9.17, 15) is 5.11 Å². The number of nitrogen functional groups attached to an aromatic ring is 1. The van der Waals surface area contributed by atoms with Crippen molar-refractivity contribution in [1.82, 2.24) is 0 Å². The van der Waals surface area contributed by atoms with Crippen LogP contribution < -0.4 is 5.73 Å². The van der Waals surface area contributed by atoms with Gasteiger partial charge in [0.15, 0.2) is 0 Å². The van der Waals surface area contributed by atoms with Crippen molar-refractivity contribution in [2.24, 2.45) is 0 Å². The Bertz CT molecular complexity index is 392. The first-order valence-corrected chi connectivity index (χ1v) is 7.35. The number of anilines is 1. The van der Waals surface area contributed by atoms with Crippen molar-refractivity contribution in [3.63, 3.8) is 0 Å². The van der Waals surface area contributed by atoms with E-state index in [2.05, 4.69) is 0 Å². The number of halogens is 1. The molecule has 0 saturated heterocycles. The van der Waals surface area contributed by atoms with E-state index in [1.54, 1.807) is 19.2 Å². The van der Waals surface area contributed by atoms with Gasteiger partial charge in [-0.1, -0.05) is 11.6 Å². The first-order chi connectivity index (χ1) is 9.02. The van der Waals surface area contributed by atoms with Crippen LogP contribution in [-0.4, -0.2) is 43.4 Å². The van der Waals surface area contributed by atoms with Crippen molar-refractivity contribution in [2.75, 3.05) is 31.8 Å². The molecule has 0 aromatic heterocycles. The van der Waals surface area contributed by atoms with Crippen LogP contribution in [-0.2, 0) is 9.47 Å². The van der Waals surface area contributed by atoms with Crippen LogP contribution in [0, 0.1) is 0 Å². The van der Waals surface area contributed by atoms with Crippen molar-refractivity contribution < 1.29 is 14.6 Å². The van der Waals surface area contributed by atoms with E-state index >= 15 is 0 Å². The second-order valence-corrected chi connectivity index (χ2v) is 5.72. The number of benzene rings is 1. The second-order valence-electron chi connectivity index (χ2n) is 4.25. The van der Waals surface area contributed by atoms with Crippen molar-refractivity contribution in [2.45, 2.75) is 24.0 Å². The molecule has 1 aromatic rings. The molecular formula is C13H20ClNO3S. The summed E-state index contributed by atoms with van der Waals surface area (Å²) in [7, 11) is 1.62. The fourth-order valence-corrected chi connectivity index (χ4v) is 2.61. The Morgan fingerprint density at radius 1 is 1.42 bits per heavy atom. The van der Waals surface area contributed by atoms with Gasteiger partial charge >= 0.3 is 0 Å². The van der Waals surface area contributed by atoms with E-state index in [1.807, 2.05) is 13.0 Å². The van der Waals surface area contributed by atoms with Gasteiger partial charge in [-0.05, 0) is 25.1 Å². The van der Waals surface area contributed by atoms with Crippen molar-refractivity contribution in [3.05, 3.63) is 23.2 Å². The zero-order valence-corrected chi connectivity index (χ0v) is 12.7. The molecular weight excluding hydrogens is 286 g/mol. The first-order valence-electron chi connectivity index (χ1n) is 5.99. The highest BCUT2D eigenvalue weighted by molar-refractivity contribution is 7.99. The normalized spacial score (nSPS) is 14.3. The van der Waals surface area contributed by atoms with Gasteiger partial charge in [0.25, 0.3) is 0 Å². The third kappa shape index (κ3) is 6.49. The number of aliphatic hydroxyl groups is 1. The molecule has 2 unspecified atom stereocenters. The van der Waals surface area contributed by atoms with E-state index in [4.69, 9.17) is 26.8 Å². The lowest BCUT2D eigenvalue weighted by Crippen LogP contribution is -2.24. The Hall–Kier alpha value is -0.460. The molecule has 2 atom stereocenters. The molecule has 108 valence electrons. The molecule has 0 aliphatic rings. The molecule has 3 N–H and O–H groups in total. The van der Waals surface area contributed by atoms with Crippen molar-refractivity contribution >= 4 is 29.1 Å². The van der Waals surface area contributed by atoms with E-state index in [0.717, 1.165) is 4.90 Å². The van der Waals surface area contributed by atoms with E-state index in [-0.39, 0.29) is 12.7 Å². The summed E-state index contributed by atoms with van der Waals surface area (Å²) >= 11 is 7.53. The summed E-state index contributed by atoms with van der Waals surface area (Å²) in [6.07, 6.45) is -0.567. The maximum Gasteiger partial charge on any atom is 0.0867 e. The summed E-state index contributed by atoms with van der Waals surface area (Å²) in [6.45, 7) is 2.70. The van der Waals surface area contributed by atoms with Crippen molar-refractivity contribution in [3.8, 4) is 0 Å². The largest absolute Gasteiger partial charge is 0.399 e. The van der Waals surface area contributed by atoms with Gasteiger partial charge in [0, 0.05) is 23.4 Å². The van der Waals surface area contributed by atoms with E-state index in [1.165, 1.54) is 11.8 Å². The monoisotopic (exact) mass is 305 g/mol. The molecule has 0 spiro atoms. The van der Waals surface area contributed by atoms with Gasteiger partial charge in [-0.15, -0.1) is 11.8 Å². The van der Waals surface area contributed by atoms with Crippen LogP contribution in [0.4, 0.5) is 5.69 Å². The fraction of sp³-hybridized carbons (Fsp3) is 0.538. The van der Waals surface area contributed by atoms with E-state index in [0.29, 0.717) is 23.1 Å². The van der Waals surface area contributed by atoms with Crippen LogP contribution in [0.1, 0.15) is 6.92 Å². The average Bonchev–Trinajstić information content (AvgIpc) is 2.35. The highest BCUT2D eigenvalue weighted by Crippen LogP contribution is 2.29. The zero-order chi connectivity index (χ0) is 14.3. The van der Waals surface area contributed by atoms with Crippen molar-refractivity contribution in [1.29, 1.82) is 0 Å². The van der Waals surface area contributed by atoms with Crippen LogP contribution >= 0.6 is 23.4 Å². The van der Waals surface area contributed by atoms with Gasteiger partial charge in [0.05, 0.1) is 30.4 Å². The molecule has 0 aliphatic carbocycles. The van der Waals surface area contributed by atoms with E-state index < -0.39 is 6.10 Å². The number of thioether (sulfide) groups is 1. The summed E-state index contributed by atoms with van der Waals surface area (Å²) < 4.78 is 10.4. The Morgan fingerprint density at radius 3 is 2.79 bits per heavy atom. The summed E-state index contributed by atoms with van der Waals surface area (Å²) in [6, 6.07) is 5.34. The lowest BCUT2D eigenvalue weighted by atomic mass is 10.3. The number of nitrogens with two attached hydrogens (primary N) is 1. The van der Waals surface area contributed by atoms with Gasteiger partial charge in [-0.3, -0.25) is 0 Å². The van der Waals surface area contributed by atoms with Gasteiger partial charge in [0.2, 0.25) is 0 Å². The molecule has 4 nitrogen and oxygen atoms in total. The zero-order valence-electron chi connectivity index (χ0n) is 11.1. The second kappa shape index (κ2) is 8.66. The summed E-state index contributed by atoms with van der Waals surface area (Å²) in [5, 5.41) is 10.4. The lowest BCUT2D eigenvalue weighted by molar-refractivity contribution is -0.0257. The van der Waals surface area contributed by atoms with Gasteiger partial charge in [-0.2, -0.15) is 0 Å². The average molecular weight is 306 g/mol. The van der Waals surface area contributed by atoms with Crippen LogP contribution in [0.5, 0.6) is 0 Å². The first kappa shape index (κ1) is 16.6. The van der Waals surface area contributed by atoms with Gasteiger partial charge in [-0.25, -0.2) is 0 Å². The smallest absolute Gasteiger partial charge is 0.0867 e. The molecule has 1 aromatic carbocycles. The summed E-state index contributed by atoms with van der Waals surface area (Å²) in [5.74, 6) is 0.517. The molecule has 6 heteroatoms. The van der Waals surface area contributed by atoms with Crippen LogP contribution in [0.3, 0.4) is 0 Å². The van der Waals surface area contributed by atoms with Gasteiger partial charge < -0.3 is 20.3 Å². The third-order valence-electron chi connectivity index (χ3n) is 2.36. The predicted molar refractivity (Wildman–Crippen MR) is 79.9 cm³/mol. The Kier molecular flexibility index (Phi) is 7.56. The molecule has 19 heavy (non-hydrogen) atoms. The van der Waals surface area contributed by atoms with Crippen LogP contribution in [0.15, 0.2) is 23.1 Å². The van der Waals surface area contributed by atoms with Gasteiger partial charge in [0.1, 0.15) is 0 Å². The quantitative estimate of drug-likeness (QED) is 0.570. The Labute approximate surface area is 123 Å². The maximum atomic E-state index is 9.82. The molecule has 0 radical (unpaired) electrons. The number of ether oxygens (including phenoxy) is 2. The maximum absolute atomic E-state index is 9.82. The molecule has 0 aliphatic heterocycles. The Balaban J connectivity index is 2.31. The van der Waals surface area contributed by atoms with Crippen LogP contribution in [0.25, 0.3) is 0 Å².